The zero-order valence-corrected chi connectivity index (χ0v) is 15.7. The van der Waals surface area contributed by atoms with Crippen LogP contribution in [0.5, 0.6) is 0 Å². The molecule has 1 aliphatic heterocycles. The summed E-state index contributed by atoms with van der Waals surface area (Å²) in [5, 5.41) is 0. The lowest BCUT2D eigenvalue weighted by Crippen LogP contribution is -2.48. The molecular formula is C19H21F3N2O2S. The van der Waals surface area contributed by atoms with E-state index in [-0.39, 0.29) is 18.0 Å². The van der Waals surface area contributed by atoms with Crippen LogP contribution < -0.4 is 4.90 Å². The van der Waals surface area contributed by atoms with Gasteiger partial charge in [-0.1, -0.05) is 25.1 Å². The Labute approximate surface area is 157 Å². The molecule has 0 aliphatic carbocycles. The number of hydrogen-bond donors (Lipinski definition) is 0. The van der Waals surface area contributed by atoms with Crippen molar-refractivity contribution in [2.45, 2.75) is 24.4 Å². The highest BCUT2D eigenvalue weighted by atomic mass is 32.2. The summed E-state index contributed by atoms with van der Waals surface area (Å²) in [6.45, 7) is 3.14. The molecule has 0 aromatic heterocycles. The molecule has 8 heteroatoms. The first-order chi connectivity index (χ1) is 12.7. The Morgan fingerprint density at radius 1 is 0.963 bits per heavy atom. The van der Waals surface area contributed by atoms with Gasteiger partial charge in [-0.25, -0.2) is 8.42 Å². The lowest BCUT2D eigenvalue weighted by atomic mass is 10.1. The molecule has 27 heavy (non-hydrogen) atoms. The van der Waals surface area contributed by atoms with Crippen molar-refractivity contribution >= 4 is 15.7 Å². The number of nitrogens with zero attached hydrogens (tertiary/aromatic N) is 2. The van der Waals surface area contributed by atoms with E-state index in [1.807, 2.05) is 6.92 Å². The summed E-state index contributed by atoms with van der Waals surface area (Å²) in [6.07, 6.45) is -3.57. The van der Waals surface area contributed by atoms with E-state index in [4.69, 9.17) is 0 Å². The van der Waals surface area contributed by atoms with Crippen LogP contribution in [0.1, 0.15) is 18.1 Å². The number of rotatable bonds is 4. The number of hydrogen-bond acceptors (Lipinski definition) is 3. The Bertz CT molecular complexity index is 888. The maximum Gasteiger partial charge on any atom is 0.416 e. The number of halogens is 3. The highest BCUT2D eigenvalue weighted by molar-refractivity contribution is 7.89. The maximum atomic E-state index is 12.9. The van der Waals surface area contributed by atoms with Gasteiger partial charge < -0.3 is 4.90 Å². The number of aryl methyl sites for hydroxylation is 1. The summed E-state index contributed by atoms with van der Waals surface area (Å²) in [5.41, 5.74) is 0.809. The standard InChI is InChI=1S/C19H21F3N2O2S/c1-2-15-6-8-18(9-7-15)27(25,26)24-12-10-23(11-13-24)17-5-3-4-16(14-17)19(20,21)22/h3-9,14H,2,10-13H2,1H3. The van der Waals surface area contributed by atoms with E-state index in [1.165, 1.54) is 10.4 Å². The largest absolute Gasteiger partial charge is 0.416 e. The van der Waals surface area contributed by atoms with Gasteiger partial charge in [0.05, 0.1) is 10.5 Å². The number of alkyl halides is 3. The van der Waals surface area contributed by atoms with Crippen molar-refractivity contribution in [3.8, 4) is 0 Å². The number of sulfonamides is 1. The molecule has 1 aliphatic rings. The van der Waals surface area contributed by atoms with E-state index in [0.29, 0.717) is 18.8 Å². The van der Waals surface area contributed by atoms with Crippen LogP contribution in [-0.2, 0) is 22.6 Å². The van der Waals surface area contributed by atoms with Crippen molar-refractivity contribution in [3.63, 3.8) is 0 Å². The van der Waals surface area contributed by atoms with Gasteiger partial charge in [0, 0.05) is 31.9 Å². The summed E-state index contributed by atoms with van der Waals surface area (Å²) in [5.74, 6) is 0. The molecule has 0 amide bonds. The Morgan fingerprint density at radius 2 is 1.59 bits per heavy atom. The Morgan fingerprint density at radius 3 is 2.15 bits per heavy atom. The van der Waals surface area contributed by atoms with Crippen molar-refractivity contribution in [3.05, 3.63) is 59.7 Å². The molecule has 1 saturated heterocycles. The second-order valence-electron chi connectivity index (χ2n) is 6.44. The lowest BCUT2D eigenvalue weighted by molar-refractivity contribution is -0.137. The highest BCUT2D eigenvalue weighted by Crippen LogP contribution is 2.32. The van der Waals surface area contributed by atoms with Gasteiger partial charge in [-0.15, -0.1) is 0 Å². The Hall–Kier alpha value is -2.06. The minimum Gasteiger partial charge on any atom is -0.369 e. The third-order valence-corrected chi connectivity index (χ3v) is 6.66. The van der Waals surface area contributed by atoms with E-state index in [9.17, 15) is 21.6 Å². The van der Waals surface area contributed by atoms with Crippen LogP contribution in [0.2, 0.25) is 0 Å². The molecule has 0 saturated carbocycles. The summed E-state index contributed by atoms with van der Waals surface area (Å²) in [4.78, 5) is 2.02. The van der Waals surface area contributed by atoms with Gasteiger partial charge in [0.2, 0.25) is 10.0 Å². The van der Waals surface area contributed by atoms with E-state index >= 15 is 0 Å². The molecule has 0 spiro atoms. The summed E-state index contributed by atoms with van der Waals surface area (Å²) in [7, 11) is -3.60. The average molecular weight is 398 g/mol. The summed E-state index contributed by atoms with van der Waals surface area (Å²) in [6, 6.07) is 11.9. The monoisotopic (exact) mass is 398 g/mol. The van der Waals surface area contributed by atoms with Crippen LogP contribution in [0.4, 0.5) is 18.9 Å². The third-order valence-electron chi connectivity index (χ3n) is 4.75. The number of benzene rings is 2. The van der Waals surface area contributed by atoms with Gasteiger partial charge in [0.15, 0.2) is 0 Å². The molecule has 1 heterocycles. The normalized spacial score (nSPS) is 16.5. The van der Waals surface area contributed by atoms with E-state index < -0.39 is 21.8 Å². The van der Waals surface area contributed by atoms with Crippen LogP contribution in [0, 0.1) is 0 Å². The predicted molar refractivity (Wildman–Crippen MR) is 98.2 cm³/mol. The zero-order valence-electron chi connectivity index (χ0n) is 14.9. The molecule has 146 valence electrons. The van der Waals surface area contributed by atoms with Crippen molar-refractivity contribution in [2.24, 2.45) is 0 Å². The van der Waals surface area contributed by atoms with Crippen molar-refractivity contribution < 1.29 is 21.6 Å². The van der Waals surface area contributed by atoms with Crippen molar-refractivity contribution in [1.82, 2.24) is 4.31 Å². The third kappa shape index (κ3) is 4.27. The van der Waals surface area contributed by atoms with Gasteiger partial charge in [-0.2, -0.15) is 17.5 Å². The molecule has 1 fully saturated rings. The van der Waals surface area contributed by atoms with Gasteiger partial charge >= 0.3 is 6.18 Å². The topological polar surface area (TPSA) is 40.6 Å². The molecule has 0 N–H and O–H groups in total. The summed E-state index contributed by atoms with van der Waals surface area (Å²) >= 11 is 0. The Balaban J connectivity index is 1.71. The van der Waals surface area contributed by atoms with Crippen LogP contribution in [-0.4, -0.2) is 38.9 Å². The second kappa shape index (κ2) is 7.52. The molecular weight excluding hydrogens is 377 g/mol. The fraction of sp³-hybridized carbons (Fsp3) is 0.368. The minimum absolute atomic E-state index is 0.230. The molecule has 2 aromatic carbocycles. The molecule has 0 radical (unpaired) electrons. The first kappa shape index (κ1) is 19.7. The van der Waals surface area contributed by atoms with Crippen LogP contribution in [0.3, 0.4) is 0 Å². The average Bonchev–Trinajstić information content (AvgIpc) is 2.67. The molecule has 0 bridgehead atoms. The van der Waals surface area contributed by atoms with Crippen molar-refractivity contribution in [1.29, 1.82) is 0 Å². The zero-order chi connectivity index (χ0) is 19.7. The van der Waals surface area contributed by atoms with E-state index in [0.717, 1.165) is 24.1 Å². The molecule has 0 atom stereocenters. The maximum absolute atomic E-state index is 12.9. The van der Waals surface area contributed by atoms with E-state index in [2.05, 4.69) is 0 Å². The van der Waals surface area contributed by atoms with Gasteiger partial charge in [0.25, 0.3) is 0 Å². The highest BCUT2D eigenvalue weighted by Gasteiger charge is 2.32. The SMILES string of the molecule is CCc1ccc(S(=O)(=O)N2CCN(c3cccc(C(F)(F)F)c3)CC2)cc1. The molecule has 2 aromatic rings. The molecule has 0 unspecified atom stereocenters. The van der Waals surface area contributed by atoms with E-state index in [1.54, 1.807) is 35.2 Å². The van der Waals surface area contributed by atoms with Crippen molar-refractivity contribution in [2.75, 3.05) is 31.1 Å². The molecule has 4 nitrogen and oxygen atoms in total. The molecule has 3 rings (SSSR count). The first-order valence-electron chi connectivity index (χ1n) is 8.73. The van der Waals surface area contributed by atoms with Crippen LogP contribution in [0.25, 0.3) is 0 Å². The minimum atomic E-state index is -4.40. The van der Waals surface area contributed by atoms with Crippen LogP contribution in [0.15, 0.2) is 53.4 Å². The lowest BCUT2D eigenvalue weighted by Gasteiger charge is -2.35. The summed E-state index contributed by atoms with van der Waals surface area (Å²) < 4.78 is 65.6. The van der Waals surface area contributed by atoms with Gasteiger partial charge in [-0.3, -0.25) is 0 Å². The fourth-order valence-corrected chi connectivity index (χ4v) is 4.53. The predicted octanol–water partition coefficient (Wildman–Crippen LogP) is 3.78. The van der Waals surface area contributed by atoms with Crippen LogP contribution >= 0.6 is 0 Å². The van der Waals surface area contributed by atoms with Gasteiger partial charge in [-0.05, 0) is 42.3 Å². The van der Waals surface area contributed by atoms with Gasteiger partial charge in [0.1, 0.15) is 0 Å². The Kier molecular flexibility index (Phi) is 5.48. The number of anilines is 1. The second-order valence-corrected chi connectivity index (χ2v) is 8.37. The smallest absolute Gasteiger partial charge is 0.369 e. The first-order valence-corrected chi connectivity index (χ1v) is 10.2. The fourth-order valence-electron chi connectivity index (χ4n) is 3.11. The number of piperazine rings is 1. The quantitative estimate of drug-likeness (QED) is 0.787.